The van der Waals surface area contributed by atoms with Crippen molar-refractivity contribution in [3.05, 3.63) is 0 Å². The van der Waals surface area contributed by atoms with E-state index in [4.69, 9.17) is 5.11 Å². The van der Waals surface area contributed by atoms with Gasteiger partial charge in [0.25, 0.3) is 0 Å². The minimum Gasteiger partial charge on any atom is -0.480 e. The highest BCUT2D eigenvalue weighted by Crippen LogP contribution is 2.26. The molecule has 1 aliphatic heterocycles. The number of nitrogens with zero attached hydrogens (tertiary/aromatic N) is 1. The van der Waals surface area contributed by atoms with Gasteiger partial charge < -0.3 is 10.4 Å². The number of likely N-dealkylation sites (N-methyl/N-ethyl adjacent to an activating group) is 1. The highest BCUT2D eigenvalue weighted by atomic mass is 16.4. The molecule has 1 fully saturated rings. The maximum absolute atomic E-state index is 11.7. The van der Waals surface area contributed by atoms with Crippen molar-refractivity contribution in [2.45, 2.75) is 39.3 Å². The maximum Gasteiger partial charge on any atom is 0.321 e. The molecule has 0 radical (unpaired) electrons. The van der Waals surface area contributed by atoms with Crippen molar-refractivity contribution >= 4 is 11.9 Å². The Labute approximate surface area is 95.8 Å². The molecule has 0 aromatic rings. The molecule has 5 heteroatoms. The van der Waals surface area contributed by atoms with Crippen molar-refractivity contribution in [3.8, 4) is 0 Å². The Kier molecular flexibility index (Phi) is 4.29. The summed E-state index contributed by atoms with van der Waals surface area (Å²) in [5, 5.41) is 11.9. The molecule has 0 aromatic heterocycles. The minimum atomic E-state index is -0.832. The summed E-state index contributed by atoms with van der Waals surface area (Å²) in [6.45, 7) is 6.79. The first-order valence-electron chi connectivity index (χ1n) is 5.75. The van der Waals surface area contributed by atoms with Gasteiger partial charge in [0.05, 0.1) is 6.04 Å². The van der Waals surface area contributed by atoms with Crippen molar-refractivity contribution in [1.82, 2.24) is 10.2 Å². The van der Waals surface area contributed by atoms with Gasteiger partial charge in [-0.3, -0.25) is 14.5 Å². The van der Waals surface area contributed by atoms with E-state index in [9.17, 15) is 9.59 Å². The monoisotopic (exact) mass is 228 g/mol. The largest absolute Gasteiger partial charge is 0.480 e. The predicted molar refractivity (Wildman–Crippen MR) is 60.1 cm³/mol. The minimum absolute atomic E-state index is 0.0946. The zero-order valence-corrected chi connectivity index (χ0v) is 10.1. The van der Waals surface area contributed by atoms with Gasteiger partial charge in [-0.15, -0.1) is 0 Å². The molecule has 0 saturated carbocycles. The van der Waals surface area contributed by atoms with E-state index in [1.165, 1.54) is 0 Å². The van der Waals surface area contributed by atoms with Gasteiger partial charge in [0.2, 0.25) is 5.91 Å². The molecule has 1 rings (SSSR count). The van der Waals surface area contributed by atoms with Gasteiger partial charge in [0.1, 0.15) is 6.04 Å². The lowest BCUT2D eigenvalue weighted by molar-refractivity contribution is -0.145. The quantitative estimate of drug-likeness (QED) is 0.726. The number of carboxylic acid groups (broad SMARTS) is 1. The zero-order valence-electron chi connectivity index (χ0n) is 10.1. The summed E-state index contributed by atoms with van der Waals surface area (Å²) in [5.41, 5.74) is 0. The Bertz CT molecular complexity index is 280. The van der Waals surface area contributed by atoms with Crippen LogP contribution < -0.4 is 5.32 Å². The lowest BCUT2D eigenvalue weighted by atomic mass is 10.0. The summed E-state index contributed by atoms with van der Waals surface area (Å²) in [5.74, 6) is -0.821. The molecule has 1 amide bonds. The first-order chi connectivity index (χ1) is 7.49. The van der Waals surface area contributed by atoms with Gasteiger partial charge in [0.15, 0.2) is 0 Å². The summed E-state index contributed by atoms with van der Waals surface area (Å²) in [6, 6.07) is -0.899. The van der Waals surface area contributed by atoms with Gasteiger partial charge >= 0.3 is 5.97 Å². The lowest BCUT2D eigenvalue weighted by Crippen LogP contribution is -2.50. The molecular weight excluding hydrogens is 208 g/mol. The fraction of sp³-hybridized carbons (Fsp3) is 0.818. The van der Waals surface area contributed by atoms with E-state index in [0.29, 0.717) is 13.1 Å². The second kappa shape index (κ2) is 5.30. The summed E-state index contributed by atoms with van der Waals surface area (Å²) < 4.78 is 0. The van der Waals surface area contributed by atoms with Crippen LogP contribution in [0.25, 0.3) is 0 Å². The number of carbonyl (C=O) groups is 2. The molecule has 3 atom stereocenters. The van der Waals surface area contributed by atoms with E-state index in [0.717, 1.165) is 6.42 Å². The van der Waals surface area contributed by atoms with Crippen molar-refractivity contribution in [2.75, 3.05) is 13.1 Å². The van der Waals surface area contributed by atoms with Crippen LogP contribution in [0.2, 0.25) is 0 Å². The highest BCUT2D eigenvalue weighted by Gasteiger charge is 2.40. The molecule has 0 bridgehead atoms. The van der Waals surface area contributed by atoms with E-state index in [1.54, 1.807) is 11.8 Å². The van der Waals surface area contributed by atoms with E-state index in [1.807, 2.05) is 13.8 Å². The molecule has 0 spiro atoms. The molecule has 0 aromatic carbocycles. The number of nitrogens with one attached hydrogen (secondary N) is 1. The van der Waals surface area contributed by atoms with Crippen molar-refractivity contribution in [2.24, 2.45) is 5.92 Å². The van der Waals surface area contributed by atoms with Crippen molar-refractivity contribution in [3.63, 3.8) is 0 Å². The molecule has 1 saturated heterocycles. The molecular formula is C11H20N2O3. The predicted octanol–water partition coefficient (Wildman–Crippen LogP) is 0.306. The third kappa shape index (κ3) is 2.52. The van der Waals surface area contributed by atoms with Crippen molar-refractivity contribution < 1.29 is 14.7 Å². The molecule has 1 heterocycles. The van der Waals surface area contributed by atoms with Crippen LogP contribution in [0, 0.1) is 5.92 Å². The van der Waals surface area contributed by atoms with Crippen LogP contribution in [0.1, 0.15) is 27.2 Å². The smallest absolute Gasteiger partial charge is 0.321 e. The van der Waals surface area contributed by atoms with Crippen LogP contribution in [0.3, 0.4) is 0 Å². The van der Waals surface area contributed by atoms with Crippen LogP contribution in [-0.2, 0) is 9.59 Å². The number of likely N-dealkylation sites (tertiary alicyclic amines) is 1. The number of aliphatic carboxylic acids is 1. The number of carboxylic acids is 1. The number of hydrogen-bond acceptors (Lipinski definition) is 3. The second-order valence-corrected chi connectivity index (χ2v) is 4.36. The lowest BCUT2D eigenvalue weighted by Gasteiger charge is -2.28. The number of rotatable bonds is 4. The van der Waals surface area contributed by atoms with Crippen LogP contribution in [0.4, 0.5) is 0 Å². The SMILES string of the molecule is CCNC(=O)C(C)N1CCC(C)C1C(=O)O. The van der Waals surface area contributed by atoms with E-state index in [-0.39, 0.29) is 17.9 Å². The van der Waals surface area contributed by atoms with Gasteiger partial charge in [-0.2, -0.15) is 0 Å². The first kappa shape index (κ1) is 13.0. The van der Waals surface area contributed by atoms with E-state index in [2.05, 4.69) is 5.32 Å². The van der Waals surface area contributed by atoms with Crippen LogP contribution in [-0.4, -0.2) is 47.1 Å². The molecule has 16 heavy (non-hydrogen) atoms. The fourth-order valence-electron chi connectivity index (χ4n) is 2.27. The Hall–Kier alpha value is -1.10. The Morgan fingerprint density at radius 2 is 2.19 bits per heavy atom. The van der Waals surface area contributed by atoms with Gasteiger partial charge in [-0.05, 0) is 26.2 Å². The average molecular weight is 228 g/mol. The summed E-state index contributed by atoms with van der Waals surface area (Å²) in [4.78, 5) is 24.6. The normalized spacial score (nSPS) is 27.7. The van der Waals surface area contributed by atoms with E-state index >= 15 is 0 Å². The Morgan fingerprint density at radius 3 is 2.69 bits per heavy atom. The first-order valence-corrected chi connectivity index (χ1v) is 5.75. The number of amides is 1. The van der Waals surface area contributed by atoms with Gasteiger partial charge in [0, 0.05) is 13.1 Å². The number of hydrogen-bond donors (Lipinski definition) is 2. The topological polar surface area (TPSA) is 69.6 Å². The maximum atomic E-state index is 11.7. The molecule has 0 aliphatic carbocycles. The van der Waals surface area contributed by atoms with Gasteiger partial charge in [-0.25, -0.2) is 0 Å². The standard InChI is InChI=1S/C11H20N2O3/c1-4-12-10(14)8(3)13-6-5-7(2)9(13)11(15)16/h7-9H,4-6H2,1-3H3,(H,12,14)(H,15,16). The molecule has 92 valence electrons. The fourth-order valence-corrected chi connectivity index (χ4v) is 2.27. The molecule has 3 unspecified atom stereocenters. The molecule has 2 N–H and O–H groups in total. The third-order valence-electron chi connectivity index (χ3n) is 3.22. The average Bonchev–Trinajstić information content (AvgIpc) is 2.59. The highest BCUT2D eigenvalue weighted by molar-refractivity contribution is 5.83. The van der Waals surface area contributed by atoms with Crippen LogP contribution >= 0.6 is 0 Å². The van der Waals surface area contributed by atoms with E-state index < -0.39 is 12.0 Å². The summed E-state index contributed by atoms with van der Waals surface area (Å²) in [6.07, 6.45) is 0.834. The Morgan fingerprint density at radius 1 is 1.56 bits per heavy atom. The van der Waals surface area contributed by atoms with Gasteiger partial charge in [-0.1, -0.05) is 6.92 Å². The van der Waals surface area contributed by atoms with Crippen molar-refractivity contribution in [1.29, 1.82) is 0 Å². The summed E-state index contributed by atoms with van der Waals surface area (Å²) in [7, 11) is 0. The Balaban J connectivity index is 2.71. The van der Waals surface area contributed by atoms with Crippen LogP contribution in [0.5, 0.6) is 0 Å². The zero-order chi connectivity index (χ0) is 12.3. The third-order valence-corrected chi connectivity index (χ3v) is 3.22. The number of carbonyl (C=O) groups excluding carboxylic acids is 1. The second-order valence-electron chi connectivity index (χ2n) is 4.36. The molecule has 1 aliphatic rings. The van der Waals surface area contributed by atoms with Crippen LogP contribution in [0.15, 0.2) is 0 Å². The summed E-state index contributed by atoms with van der Waals surface area (Å²) >= 11 is 0. The molecule has 5 nitrogen and oxygen atoms in total.